The molecule has 1 aliphatic rings. The Hall–Kier alpha value is -2.47. The van der Waals surface area contributed by atoms with Crippen molar-refractivity contribution in [3.05, 3.63) is 59.7 Å². The van der Waals surface area contributed by atoms with Crippen molar-refractivity contribution in [2.45, 2.75) is 37.8 Å². The van der Waals surface area contributed by atoms with Gasteiger partial charge in [-0.05, 0) is 55.5 Å². The molecule has 5 nitrogen and oxygen atoms in total. The number of methoxy groups -OCH3 is 1. The Balaban J connectivity index is 1.72. The molecular formula is C20H23FN2O3. The number of nitrogens with zero attached hydrogens (tertiary/aromatic N) is 1. The highest BCUT2D eigenvalue weighted by Gasteiger charge is 2.37. The fourth-order valence-corrected chi connectivity index (χ4v) is 3.33. The number of ether oxygens (including phenoxy) is 1. The van der Waals surface area contributed by atoms with Gasteiger partial charge in [0, 0.05) is 23.9 Å². The number of halogens is 1. The Bertz CT molecular complexity index is 748. The average Bonchev–Trinajstić information content (AvgIpc) is 2.63. The summed E-state index contributed by atoms with van der Waals surface area (Å²) in [6, 6.07) is 9.50. The van der Waals surface area contributed by atoms with E-state index in [0.29, 0.717) is 37.0 Å². The Morgan fingerprint density at radius 1 is 1.38 bits per heavy atom. The van der Waals surface area contributed by atoms with Gasteiger partial charge in [-0.3, -0.25) is 9.78 Å². The van der Waals surface area contributed by atoms with Crippen LogP contribution in [-0.4, -0.2) is 29.2 Å². The van der Waals surface area contributed by atoms with Crippen LogP contribution in [0, 0.1) is 11.7 Å². The van der Waals surface area contributed by atoms with Crippen molar-refractivity contribution in [1.82, 2.24) is 10.3 Å². The van der Waals surface area contributed by atoms with Crippen molar-refractivity contribution in [3.63, 3.8) is 0 Å². The number of benzene rings is 1. The van der Waals surface area contributed by atoms with E-state index in [1.165, 1.54) is 19.2 Å². The van der Waals surface area contributed by atoms with Crippen molar-refractivity contribution in [2.75, 3.05) is 7.11 Å². The van der Waals surface area contributed by atoms with Gasteiger partial charge in [0.1, 0.15) is 11.6 Å². The summed E-state index contributed by atoms with van der Waals surface area (Å²) in [5.41, 5.74) is 1.46. The molecule has 138 valence electrons. The molecule has 26 heavy (non-hydrogen) atoms. The Labute approximate surface area is 152 Å². The molecule has 1 aliphatic carbocycles. The zero-order valence-corrected chi connectivity index (χ0v) is 14.7. The van der Waals surface area contributed by atoms with Gasteiger partial charge in [0.25, 0.3) is 0 Å². The smallest absolute Gasteiger partial charge is 0.220 e. The number of hydrogen-bond donors (Lipinski definition) is 2. The number of carbonyl (C=O) groups is 1. The standard InChI is InChI=1S/C20H23FN2O3/c1-26-18-7-5-14(21)12-17(18)20(13-10-16(24)11-13)23-19(25)8-6-15-4-2-3-9-22-15/h2-5,7,9,12-13,16,20,24H,6,8,10-11H2,1H3,(H,23,25)/t13?,16?,20-/m1/s1. The molecule has 1 amide bonds. The maximum absolute atomic E-state index is 13.8. The fourth-order valence-electron chi connectivity index (χ4n) is 3.33. The van der Waals surface area contributed by atoms with Gasteiger partial charge in [0.2, 0.25) is 5.91 Å². The Morgan fingerprint density at radius 2 is 2.19 bits per heavy atom. The molecule has 2 aromatic rings. The number of nitrogens with one attached hydrogen (secondary N) is 1. The van der Waals surface area contributed by atoms with E-state index in [-0.39, 0.29) is 29.8 Å². The minimum absolute atomic E-state index is 0.0551. The predicted molar refractivity (Wildman–Crippen MR) is 95.1 cm³/mol. The highest BCUT2D eigenvalue weighted by Crippen LogP contribution is 2.41. The van der Waals surface area contributed by atoms with Crippen LogP contribution in [-0.2, 0) is 11.2 Å². The van der Waals surface area contributed by atoms with Gasteiger partial charge < -0.3 is 15.2 Å². The van der Waals surface area contributed by atoms with Crippen molar-refractivity contribution < 1.29 is 19.0 Å². The van der Waals surface area contributed by atoms with E-state index in [4.69, 9.17) is 4.74 Å². The molecule has 2 N–H and O–H groups in total. The van der Waals surface area contributed by atoms with Gasteiger partial charge in [-0.25, -0.2) is 4.39 Å². The third kappa shape index (κ3) is 4.38. The molecule has 1 heterocycles. The zero-order valence-electron chi connectivity index (χ0n) is 14.7. The van der Waals surface area contributed by atoms with Crippen LogP contribution in [0.4, 0.5) is 4.39 Å². The predicted octanol–water partition coefficient (Wildman–Crippen LogP) is 2.79. The van der Waals surface area contributed by atoms with E-state index in [1.807, 2.05) is 18.2 Å². The van der Waals surface area contributed by atoms with Crippen molar-refractivity contribution in [1.29, 1.82) is 0 Å². The molecule has 0 aliphatic heterocycles. The maximum Gasteiger partial charge on any atom is 0.220 e. The van der Waals surface area contributed by atoms with Gasteiger partial charge in [0.05, 0.1) is 19.3 Å². The van der Waals surface area contributed by atoms with Gasteiger partial charge in [-0.15, -0.1) is 0 Å². The largest absolute Gasteiger partial charge is 0.496 e. The van der Waals surface area contributed by atoms with Crippen LogP contribution in [0.1, 0.15) is 36.6 Å². The number of aliphatic hydroxyl groups is 1. The number of pyridine rings is 1. The summed E-state index contributed by atoms with van der Waals surface area (Å²) in [5.74, 6) is 0.0732. The second-order valence-corrected chi connectivity index (χ2v) is 6.64. The summed E-state index contributed by atoms with van der Waals surface area (Å²) in [6.45, 7) is 0. The maximum atomic E-state index is 13.8. The number of aromatic nitrogens is 1. The Morgan fingerprint density at radius 3 is 2.85 bits per heavy atom. The van der Waals surface area contributed by atoms with E-state index < -0.39 is 0 Å². The van der Waals surface area contributed by atoms with E-state index in [0.717, 1.165) is 5.69 Å². The molecule has 0 saturated heterocycles. The molecule has 1 aromatic heterocycles. The Kier molecular flexibility index (Phi) is 5.83. The van der Waals surface area contributed by atoms with Crippen LogP contribution < -0.4 is 10.1 Å². The molecule has 1 atom stereocenters. The molecule has 1 fully saturated rings. The lowest BCUT2D eigenvalue weighted by atomic mass is 9.74. The normalized spacial score (nSPS) is 20.1. The average molecular weight is 358 g/mol. The molecule has 1 saturated carbocycles. The topological polar surface area (TPSA) is 71.5 Å². The molecular weight excluding hydrogens is 335 g/mol. The quantitative estimate of drug-likeness (QED) is 0.798. The SMILES string of the molecule is COc1ccc(F)cc1[C@H](NC(=O)CCc1ccccn1)C1CC(O)C1. The molecule has 6 heteroatoms. The molecule has 0 spiro atoms. The first-order valence-corrected chi connectivity index (χ1v) is 8.77. The monoisotopic (exact) mass is 358 g/mol. The van der Waals surface area contributed by atoms with Crippen LogP contribution in [0.5, 0.6) is 5.75 Å². The molecule has 3 rings (SSSR count). The number of aryl methyl sites for hydroxylation is 1. The first-order chi connectivity index (χ1) is 12.6. The summed E-state index contributed by atoms with van der Waals surface area (Å²) >= 11 is 0. The zero-order chi connectivity index (χ0) is 18.5. The third-order valence-corrected chi connectivity index (χ3v) is 4.80. The number of carbonyl (C=O) groups excluding carboxylic acids is 1. The first-order valence-electron chi connectivity index (χ1n) is 8.77. The fraction of sp³-hybridized carbons (Fsp3) is 0.400. The number of hydrogen-bond acceptors (Lipinski definition) is 4. The number of aliphatic hydroxyl groups excluding tert-OH is 1. The van der Waals surface area contributed by atoms with E-state index >= 15 is 0 Å². The first kappa shape index (κ1) is 18.3. The highest BCUT2D eigenvalue weighted by molar-refractivity contribution is 5.76. The second kappa shape index (κ2) is 8.27. The van der Waals surface area contributed by atoms with Crippen molar-refractivity contribution >= 4 is 5.91 Å². The summed E-state index contributed by atoms with van der Waals surface area (Å²) in [5, 5.41) is 12.7. The molecule has 0 radical (unpaired) electrons. The van der Waals surface area contributed by atoms with E-state index in [2.05, 4.69) is 10.3 Å². The molecule has 1 aromatic carbocycles. The highest BCUT2D eigenvalue weighted by atomic mass is 19.1. The van der Waals surface area contributed by atoms with E-state index in [9.17, 15) is 14.3 Å². The van der Waals surface area contributed by atoms with Crippen LogP contribution in [0.15, 0.2) is 42.6 Å². The second-order valence-electron chi connectivity index (χ2n) is 6.64. The minimum atomic E-state index is -0.389. The van der Waals surface area contributed by atoms with Gasteiger partial charge >= 0.3 is 0 Å². The van der Waals surface area contributed by atoms with Crippen LogP contribution in [0.25, 0.3) is 0 Å². The summed E-state index contributed by atoms with van der Waals surface area (Å²) in [4.78, 5) is 16.7. The summed E-state index contributed by atoms with van der Waals surface area (Å²) in [6.07, 6.45) is 3.31. The number of rotatable bonds is 7. The minimum Gasteiger partial charge on any atom is -0.496 e. The van der Waals surface area contributed by atoms with E-state index in [1.54, 1.807) is 12.3 Å². The molecule has 0 unspecified atom stereocenters. The third-order valence-electron chi connectivity index (χ3n) is 4.80. The van der Waals surface area contributed by atoms with Crippen molar-refractivity contribution in [2.24, 2.45) is 5.92 Å². The van der Waals surface area contributed by atoms with Gasteiger partial charge in [0.15, 0.2) is 0 Å². The van der Waals surface area contributed by atoms with Gasteiger partial charge in [-0.2, -0.15) is 0 Å². The lowest BCUT2D eigenvalue weighted by Crippen LogP contribution is -2.41. The van der Waals surface area contributed by atoms with Gasteiger partial charge in [-0.1, -0.05) is 6.07 Å². The van der Waals surface area contributed by atoms with Crippen LogP contribution in [0.3, 0.4) is 0 Å². The van der Waals surface area contributed by atoms with Crippen LogP contribution in [0.2, 0.25) is 0 Å². The molecule has 0 bridgehead atoms. The lowest BCUT2D eigenvalue weighted by molar-refractivity contribution is -0.123. The summed E-state index contributed by atoms with van der Waals surface area (Å²) in [7, 11) is 1.52. The van der Waals surface area contributed by atoms with Crippen LogP contribution >= 0.6 is 0 Å². The summed E-state index contributed by atoms with van der Waals surface area (Å²) < 4.78 is 19.1. The number of amides is 1. The lowest BCUT2D eigenvalue weighted by Gasteiger charge is -2.38. The van der Waals surface area contributed by atoms with Crippen molar-refractivity contribution in [3.8, 4) is 5.75 Å².